The maximum atomic E-state index is 12.7. The average Bonchev–Trinajstić information content (AvgIpc) is 3.29. The van der Waals surface area contributed by atoms with Gasteiger partial charge in [-0.2, -0.15) is 0 Å². The van der Waals surface area contributed by atoms with Crippen molar-refractivity contribution in [3.63, 3.8) is 0 Å². The van der Waals surface area contributed by atoms with Gasteiger partial charge in [-0.05, 0) is 56.8 Å². The summed E-state index contributed by atoms with van der Waals surface area (Å²) in [6, 6.07) is 10.9. The van der Waals surface area contributed by atoms with Crippen LogP contribution in [0.4, 0.5) is 10.5 Å². The summed E-state index contributed by atoms with van der Waals surface area (Å²) in [5, 5.41) is 7.83. The number of thiophene rings is 1. The van der Waals surface area contributed by atoms with E-state index in [2.05, 4.69) is 36.3 Å². The highest BCUT2D eigenvalue weighted by Crippen LogP contribution is 2.14. The van der Waals surface area contributed by atoms with Crippen molar-refractivity contribution in [2.75, 3.05) is 44.6 Å². The Kier molecular flexibility index (Phi) is 8.67. The first kappa shape index (κ1) is 24.2. The quantitative estimate of drug-likeness (QED) is 0.586. The number of ether oxygens (including phenoxy) is 1. The third-order valence-corrected chi connectivity index (χ3v) is 6.07. The number of urea groups is 1. The molecule has 3 rings (SSSR count). The van der Waals surface area contributed by atoms with E-state index in [0.29, 0.717) is 30.9 Å². The first-order valence-corrected chi connectivity index (χ1v) is 12.0. The number of nitrogens with one attached hydrogen (secondary N) is 2. The van der Waals surface area contributed by atoms with Gasteiger partial charge in [0.1, 0.15) is 0 Å². The summed E-state index contributed by atoms with van der Waals surface area (Å²) < 4.78 is 5.78. The second-order valence-corrected chi connectivity index (χ2v) is 9.95. The van der Waals surface area contributed by atoms with Crippen LogP contribution in [0.3, 0.4) is 0 Å². The molecule has 7 nitrogen and oxygen atoms in total. The number of piperazine rings is 1. The van der Waals surface area contributed by atoms with Gasteiger partial charge < -0.3 is 20.3 Å². The van der Waals surface area contributed by atoms with Crippen molar-refractivity contribution >= 4 is 29.0 Å². The zero-order valence-electron chi connectivity index (χ0n) is 19.2. The van der Waals surface area contributed by atoms with Crippen molar-refractivity contribution in [1.82, 2.24) is 15.1 Å². The Labute approximate surface area is 194 Å². The van der Waals surface area contributed by atoms with E-state index in [4.69, 9.17) is 4.74 Å². The van der Waals surface area contributed by atoms with Crippen molar-refractivity contribution in [2.45, 2.75) is 39.3 Å². The summed E-state index contributed by atoms with van der Waals surface area (Å²) in [4.78, 5) is 30.4. The van der Waals surface area contributed by atoms with Crippen LogP contribution in [0.1, 0.15) is 42.4 Å². The molecule has 32 heavy (non-hydrogen) atoms. The largest absolute Gasteiger partial charge is 0.376 e. The summed E-state index contributed by atoms with van der Waals surface area (Å²) in [5.74, 6) is -0.154. The van der Waals surface area contributed by atoms with Crippen LogP contribution in [-0.2, 0) is 11.3 Å². The fourth-order valence-corrected chi connectivity index (χ4v) is 4.11. The summed E-state index contributed by atoms with van der Waals surface area (Å²) in [7, 11) is 0. The lowest BCUT2D eigenvalue weighted by molar-refractivity contribution is -0.00793. The Morgan fingerprint density at radius 1 is 1.09 bits per heavy atom. The SMILES string of the molecule is CC(C)(C)OCCCN1CCN(C(=O)Nc2cccc(C(=O)NCc3cccs3)c2)CC1. The summed E-state index contributed by atoms with van der Waals surface area (Å²) in [5.41, 5.74) is 1.06. The van der Waals surface area contributed by atoms with Gasteiger partial charge in [0.15, 0.2) is 0 Å². The van der Waals surface area contributed by atoms with E-state index < -0.39 is 0 Å². The third-order valence-electron chi connectivity index (χ3n) is 5.19. The molecule has 0 radical (unpaired) electrons. The van der Waals surface area contributed by atoms with Crippen LogP contribution >= 0.6 is 11.3 Å². The van der Waals surface area contributed by atoms with Gasteiger partial charge in [-0.1, -0.05) is 12.1 Å². The topological polar surface area (TPSA) is 73.9 Å². The highest BCUT2D eigenvalue weighted by atomic mass is 32.1. The number of carbonyl (C=O) groups is 2. The van der Waals surface area contributed by atoms with Crippen molar-refractivity contribution < 1.29 is 14.3 Å². The maximum Gasteiger partial charge on any atom is 0.321 e. The Morgan fingerprint density at radius 3 is 2.56 bits per heavy atom. The molecule has 174 valence electrons. The van der Waals surface area contributed by atoms with Crippen LogP contribution in [0.2, 0.25) is 0 Å². The smallest absolute Gasteiger partial charge is 0.321 e. The minimum absolute atomic E-state index is 0.0984. The van der Waals surface area contributed by atoms with E-state index in [0.717, 1.165) is 37.5 Å². The lowest BCUT2D eigenvalue weighted by Crippen LogP contribution is -2.50. The number of nitrogens with zero attached hydrogens (tertiary/aromatic N) is 2. The van der Waals surface area contributed by atoms with E-state index in [1.165, 1.54) is 0 Å². The van der Waals surface area contributed by atoms with Crippen molar-refractivity contribution in [2.24, 2.45) is 0 Å². The van der Waals surface area contributed by atoms with Crippen LogP contribution in [0.25, 0.3) is 0 Å². The standard InChI is InChI=1S/C24H34N4O3S/c1-24(2,3)31-15-6-10-27-11-13-28(14-12-27)23(30)26-20-8-4-7-19(17-20)22(29)25-18-21-9-5-16-32-21/h4-5,7-9,16-17H,6,10-15,18H2,1-3H3,(H,25,29)(H,26,30). The van der Waals surface area contributed by atoms with Crippen molar-refractivity contribution in [3.05, 3.63) is 52.2 Å². The Bertz CT molecular complexity index is 872. The predicted molar refractivity (Wildman–Crippen MR) is 129 cm³/mol. The molecule has 1 aliphatic rings. The van der Waals surface area contributed by atoms with Crippen LogP contribution in [-0.4, -0.2) is 66.7 Å². The van der Waals surface area contributed by atoms with Gasteiger partial charge in [0.25, 0.3) is 5.91 Å². The predicted octanol–water partition coefficient (Wildman–Crippen LogP) is 4.03. The molecule has 1 aromatic carbocycles. The van der Waals surface area contributed by atoms with Gasteiger partial charge in [-0.25, -0.2) is 4.79 Å². The van der Waals surface area contributed by atoms with Crippen LogP contribution < -0.4 is 10.6 Å². The van der Waals surface area contributed by atoms with Crippen LogP contribution in [0.5, 0.6) is 0 Å². The molecule has 8 heteroatoms. The molecule has 0 bridgehead atoms. The van der Waals surface area contributed by atoms with Gasteiger partial charge in [-0.3, -0.25) is 9.69 Å². The van der Waals surface area contributed by atoms with E-state index in [9.17, 15) is 9.59 Å². The number of anilines is 1. The number of carbonyl (C=O) groups excluding carboxylic acids is 2. The fraction of sp³-hybridized carbons (Fsp3) is 0.500. The maximum absolute atomic E-state index is 12.7. The lowest BCUT2D eigenvalue weighted by atomic mass is 10.2. The molecule has 2 heterocycles. The molecular formula is C24H34N4O3S. The third kappa shape index (κ3) is 7.93. The molecule has 0 saturated carbocycles. The normalized spacial score (nSPS) is 14.9. The van der Waals surface area contributed by atoms with E-state index in [1.807, 2.05) is 22.4 Å². The molecule has 1 saturated heterocycles. The number of rotatable bonds is 8. The Hall–Kier alpha value is -2.42. The van der Waals surface area contributed by atoms with E-state index in [1.54, 1.807) is 35.6 Å². The van der Waals surface area contributed by atoms with Crippen LogP contribution in [0.15, 0.2) is 41.8 Å². The molecule has 2 aromatic rings. The fourth-order valence-electron chi connectivity index (χ4n) is 3.46. The highest BCUT2D eigenvalue weighted by molar-refractivity contribution is 7.09. The van der Waals surface area contributed by atoms with Gasteiger partial charge in [0.05, 0.1) is 12.1 Å². The zero-order valence-corrected chi connectivity index (χ0v) is 20.0. The monoisotopic (exact) mass is 458 g/mol. The molecule has 0 spiro atoms. The molecule has 0 aliphatic carbocycles. The lowest BCUT2D eigenvalue weighted by Gasteiger charge is -2.34. The van der Waals surface area contributed by atoms with E-state index in [-0.39, 0.29) is 17.5 Å². The van der Waals surface area contributed by atoms with Gasteiger partial charge in [0.2, 0.25) is 0 Å². The van der Waals surface area contributed by atoms with E-state index >= 15 is 0 Å². The van der Waals surface area contributed by atoms with Gasteiger partial charge >= 0.3 is 6.03 Å². The van der Waals surface area contributed by atoms with Crippen LogP contribution in [0, 0.1) is 0 Å². The number of hydrogen-bond acceptors (Lipinski definition) is 5. The molecule has 0 unspecified atom stereocenters. The van der Waals surface area contributed by atoms with Gasteiger partial charge in [0, 0.05) is 55.5 Å². The van der Waals surface area contributed by atoms with Crippen molar-refractivity contribution in [3.8, 4) is 0 Å². The minimum Gasteiger partial charge on any atom is -0.376 e. The minimum atomic E-state index is -0.154. The Morgan fingerprint density at radius 2 is 1.88 bits per heavy atom. The average molecular weight is 459 g/mol. The molecule has 1 fully saturated rings. The summed E-state index contributed by atoms with van der Waals surface area (Å²) >= 11 is 1.61. The zero-order chi connectivity index (χ0) is 23.0. The number of hydrogen-bond donors (Lipinski definition) is 2. The highest BCUT2D eigenvalue weighted by Gasteiger charge is 2.21. The molecule has 3 amide bonds. The molecule has 1 aliphatic heterocycles. The first-order chi connectivity index (χ1) is 15.3. The second kappa shape index (κ2) is 11.4. The number of benzene rings is 1. The molecular weight excluding hydrogens is 424 g/mol. The van der Waals surface area contributed by atoms with Gasteiger partial charge in [-0.15, -0.1) is 11.3 Å². The summed E-state index contributed by atoms with van der Waals surface area (Å²) in [6.45, 7) is 11.5. The molecule has 1 aromatic heterocycles. The van der Waals surface area contributed by atoms with Crippen molar-refractivity contribution in [1.29, 1.82) is 0 Å². The summed E-state index contributed by atoms with van der Waals surface area (Å²) in [6.07, 6.45) is 0.991. The number of amides is 3. The molecule has 0 atom stereocenters. The second-order valence-electron chi connectivity index (χ2n) is 8.92. The molecule has 2 N–H and O–H groups in total. The Balaban J connectivity index is 1.41. The first-order valence-electron chi connectivity index (χ1n) is 11.1.